The number of ether oxygens (including phenoxy) is 1. The molecule has 1 spiro atoms. The summed E-state index contributed by atoms with van der Waals surface area (Å²) in [5.74, 6) is -1.40. The van der Waals surface area contributed by atoms with Crippen LogP contribution in [0.15, 0.2) is 42.5 Å². The van der Waals surface area contributed by atoms with Crippen molar-refractivity contribution >= 4 is 27.4 Å². The molecule has 1 saturated carbocycles. The van der Waals surface area contributed by atoms with Gasteiger partial charge in [-0.25, -0.2) is 18.2 Å². The highest BCUT2D eigenvalue weighted by atomic mass is 19.1. The quantitative estimate of drug-likeness (QED) is 0.300. The average molecular weight is 600 g/mol. The number of aromatic hydroxyl groups is 1. The first-order valence-corrected chi connectivity index (χ1v) is 15.2. The van der Waals surface area contributed by atoms with E-state index in [0.29, 0.717) is 42.5 Å². The van der Waals surface area contributed by atoms with E-state index in [2.05, 4.69) is 16.0 Å². The van der Waals surface area contributed by atoms with Crippen molar-refractivity contribution in [1.29, 1.82) is 5.26 Å². The molecule has 3 aromatic carbocycles. The number of fused-ring (bicyclic) bond motifs is 3. The van der Waals surface area contributed by atoms with Gasteiger partial charge >= 0.3 is 0 Å². The lowest BCUT2D eigenvalue weighted by Gasteiger charge is -2.31. The van der Waals surface area contributed by atoms with Gasteiger partial charge in [-0.15, -0.1) is 0 Å². The van der Waals surface area contributed by atoms with Crippen LogP contribution in [0.1, 0.15) is 37.7 Å². The number of nitrogens with two attached hydrogens (primary N) is 1. The van der Waals surface area contributed by atoms with Gasteiger partial charge in [0.05, 0.1) is 11.2 Å². The molecule has 0 radical (unpaired) electrons. The fourth-order valence-electron chi connectivity index (χ4n) is 8.08. The summed E-state index contributed by atoms with van der Waals surface area (Å²) in [5, 5.41) is 22.0. The van der Waals surface area contributed by atoms with Crippen LogP contribution >= 0.6 is 0 Å². The lowest BCUT2D eigenvalue weighted by atomic mass is 9.94. The molecule has 1 aliphatic carbocycles. The number of alkyl halides is 1. The van der Waals surface area contributed by atoms with Crippen molar-refractivity contribution in [2.24, 2.45) is 11.1 Å². The molecule has 44 heavy (non-hydrogen) atoms. The number of phenolic OH excluding ortho intramolecular Hbond substituents is 1. The molecular weight excluding hydrogens is 567 g/mol. The molecule has 0 unspecified atom stereocenters. The van der Waals surface area contributed by atoms with Gasteiger partial charge in [-0.1, -0.05) is 18.2 Å². The number of rotatable bonds is 5. The summed E-state index contributed by atoms with van der Waals surface area (Å²) in [7, 11) is 0. The Kier molecular flexibility index (Phi) is 6.07. The normalized spacial score (nSPS) is 25.7. The molecule has 3 atom stereocenters. The minimum Gasteiger partial charge on any atom is -0.508 e. The van der Waals surface area contributed by atoms with E-state index < -0.39 is 23.3 Å². The van der Waals surface area contributed by atoms with E-state index in [-0.39, 0.29) is 57.3 Å². The van der Waals surface area contributed by atoms with E-state index in [1.54, 1.807) is 18.2 Å². The van der Waals surface area contributed by atoms with Gasteiger partial charge in [-0.3, -0.25) is 4.90 Å². The third-order valence-electron chi connectivity index (χ3n) is 10.5. The summed E-state index contributed by atoms with van der Waals surface area (Å²) in [5.41, 5.74) is 6.97. The van der Waals surface area contributed by atoms with Crippen LogP contribution in [-0.4, -0.2) is 65.5 Å². The third-order valence-corrected chi connectivity index (χ3v) is 10.5. The predicted octanol–water partition coefficient (Wildman–Crippen LogP) is 5.79. The summed E-state index contributed by atoms with van der Waals surface area (Å²) in [6, 6.07) is 12.7. The van der Waals surface area contributed by atoms with E-state index in [1.165, 1.54) is 24.3 Å². The SMILES string of the molecule is N#Cc1c(OC[C@@]23CCCN2C[C@H](F)C3)nc2c(F)c(-c3cc(O)cc4cccc(F)c34)ccc2c1N1C[C@H](N)C2(CC2)C1. The molecule has 3 aliphatic heterocycles. The lowest BCUT2D eigenvalue weighted by molar-refractivity contribution is 0.110. The second kappa shape index (κ2) is 9.71. The fourth-order valence-corrected chi connectivity index (χ4v) is 8.08. The van der Waals surface area contributed by atoms with Crippen LogP contribution in [-0.2, 0) is 0 Å². The van der Waals surface area contributed by atoms with Crippen LogP contribution < -0.4 is 15.4 Å². The number of aromatic nitrogens is 1. The zero-order valence-electron chi connectivity index (χ0n) is 24.1. The Hall–Kier alpha value is -4.07. The Morgan fingerprint density at radius 1 is 1.11 bits per heavy atom. The highest BCUT2D eigenvalue weighted by Gasteiger charge is 2.54. The number of hydrogen-bond acceptors (Lipinski definition) is 7. The van der Waals surface area contributed by atoms with Crippen LogP contribution in [0.2, 0.25) is 0 Å². The Labute approximate surface area is 252 Å². The highest BCUT2D eigenvalue weighted by Crippen LogP contribution is 2.54. The summed E-state index contributed by atoms with van der Waals surface area (Å²) in [4.78, 5) is 8.76. The molecule has 0 amide bonds. The Morgan fingerprint density at radius 2 is 1.95 bits per heavy atom. The van der Waals surface area contributed by atoms with Crippen LogP contribution in [0.3, 0.4) is 0 Å². The molecule has 4 aliphatic rings. The zero-order chi connectivity index (χ0) is 30.4. The molecule has 4 aromatic rings. The van der Waals surface area contributed by atoms with Gasteiger partial charge in [0.25, 0.3) is 0 Å². The second-order valence-electron chi connectivity index (χ2n) is 13.1. The largest absolute Gasteiger partial charge is 0.508 e. The number of anilines is 1. The first-order valence-electron chi connectivity index (χ1n) is 15.2. The predicted molar refractivity (Wildman–Crippen MR) is 161 cm³/mol. The van der Waals surface area contributed by atoms with Gasteiger partial charge in [0.1, 0.15) is 41.5 Å². The van der Waals surface area contributed by atoms with E-state index in [9.17, 15) is 14.8 Å². The van der Waals surface area contributed by atoms with Crippen molar-refractivity contribution in [3.05, 3.63) is 59.7 Å². The van der Waals surface area contributed by atoms with E-state index in [1.807, 2.05) is 4.90 Å². The van der Waals surface area contributed by atoms with Gasteiger partial charge in [0, 0.05) is 53.8 Å². The maximum Gasteiger partial charge on any atom is 0.234 e. The van der Waals surface area contributed by atoms with Crippen LogP contribution in [0.4, 0.5) is 18.9 Å². The van der Waals surface area contributed by atoms with Gasteiger partial charge in [-0.05, 0) is 67.4 Å². The van der Waals surface area contributed by atoms with Gasteiger partial charge in [0.15, 0.2) is 5.82 Å². The monoisotopic (exact) mass is 599 g/mol. The number of nitriles is 1. The summed E-state index contributed by atoms with van der Waals surface area (Å²) < 4.78 is 52.7. The summed E-state index contributed by atoms with van der Waals surface area (Å²) in [6.45, 7) is 2.40. The molecule has 4 heterocycles. The number of benzene rings is 3. The highest BCUT2D eigenvalue weighted by molar-refractivity contribution is 6.03. The van der Waals surface area contributed by atoms with Crippen molar-refractivity contribution in [1.82, 2.24) is 9.88 Å². The second-order valence-corrected chi connectivity index (χ2v) is 13.1. The number of hydrogen-bond donors (Lipinski definition) is 2. The first-order chi connectivity index (χ1) is 21.2. The van der Waals surface area contributed by atoms with Gasteiger partial charge in [-0.2, -0.15) is 5.26 Å². The van der Waals surface area contributed by atoms with Crippen LogP contribution in [0.25, 0.3) is 32.8 Å². The molecule has 8 rings (SSSR count). The fraction of sp³-hybridized carbons (Fsp3) is 0.412. The summed E-state index contributed by atoms with van der Waals surface area (Å²) >= 11 is 0. The Balaban J connectivity index is 1.31. The number of nitrogens with zero attached hydrogens (tertiary/aromatic N) is 4. The van der Waals surface area contributed by atoms with Crippen molar-refractivity contribution in [2.45, 2.75) is 49.9 Å². The van der Waals surface area contributed by atoms with Gasteiger partial charge < -0.3 is 20.5 Å². The first kappa shape index (κ1) is 27.5. The number of pyridine rings is 1. The average Bonchev–Trinajstić information content (AvgIpc) is 3.43. The van der Waals surface area contributed by atoms with Crippen LogP contribution in [0, 0.1) is 28.4 Å². The Morgan fingerprint density at radius 3 is 2.73 bits per heavy atom. The molecular formula is C34H32F3N5O2. The number of phenols is 1. The Bertz CT molecular complexity index is 1890. The molecule has 3 saturated heterocycles. The van der Waals surface area contributed by atoms with Crippen LogP contribution in [0.5, 0.6) is 11.6 Å². The van der Waals surface area contributed by atoms with Crippen molar-refractivity contribution in [2.75, 3.05) is 37.7 Å². The molecule has 10 heteroatoms. The molecule has 0 bridgehead atoms. The van der Waals surface area contributed by atoms with Crippen molar-refractivity contribution < 1.29 is 23.0 Å². The lowest BCUT2D eigenvalue weighted by Crippen LogP contribution is -2.43. The minimum atomic E-state index is -0.951. The number of halogens is 3. The maximum absolute atomic E-state index is 16.8. The maximum atomic E-state index is 16.8. The molecule has 1 aromatic heterocycles. The van der Waals surface area contributed by atoms with Gasteiger partial charge in [0.2, 0.25) is 5.88 Å². The molecule has 226 valence electrons. The smallest absolute Gasteiger partial charge is 0.234 e. The van der Waals surface area contributed by atoms with E-state index >= 15 is 8.78 Å². The molecule has 4 fully saturated rings. The zero-order valence-corrected chi connectivity index (χ0v) is 24.1. The molecule has 7 nitrogen and oxygen atoms in total. The van der Waals surface area contributed by atoms with Crippen molar-refractivity contribution in [3.63, 3.8) is 0 Å². The standard InChI is InChI=1S/C34H32F3N5O2/c35-20-13-34(7-2-10-42(34)15-20)18-44-32-25(14-38)31(41-16-27(39)33(17-41)8-9-33)23-6-5-22(29(37)30(23)40-32)24-12-21(43)11-19-3-1-4-26(36)28(19)24/h1,3-6,11-12,20,27,43H,2,7-10,13,15-18,39H2/t20-,27+,34+/m1/s1. The molecule has 3 N–H and O–H groups in total. The van der Waals surface area contributed by atoms with Crippen molar-refractivity contribution in [3.8, 4) is 28.8 Å². The van der Waals surface area contributed by atoms with E-state index in [0.717, 1.165) is 32.2 Å². The topological polar surface area (TPSA) is 98.6 Å². The summed E-state index contributed by atoms with van der Waals surface area (Å²) in [6.07, 6.45) is 3.08. The van der Waals surface area contributed by atoms with E-state index in [4.69, 9.17) is 10.5 Å². The minimum absolute atomic E-state index is 0.00755. The third kappa shape index (κ3) is 4.06.